The number of carbonyl (C=O) groups excluding carboxylic acids is 2. The fourth-order valence-corrected chi connectivity index (χ4v) is 3.78. The standard InChI is InChI=1S/C23H29N3O4/c1-23(29,15-26-14-16-9-5-6-10-17(16)21(26)27)22(28)24-13-19(25(2)3)18-11-7-8-12-20(18)30-4/h5-12,19,29H,13-15H2,1-4H3,(H,24,28)/t19-,23-/m0/s1. The molecule has 0 aromatic heterocycles. The Morgan fingerprint density at radius 1 is 1.23 bits per heavy atom. The normalized spacial score (nSPS) is 16.2. The van der Waals surface area contributed by atoms with Crippen molar-refractivity contribution in [1.82, 2.24) is 15.1 Å². The number of fused-ring (bicyclic) bond motifs is 1. The van der Waals surface area contributed by atoms with Crippen LogP contribution < -0.4 is 10.1 Å². The van der Waals surface area contributed by atoms with Crippen LogP contribution in [0.2, 0.25) is 0 Å². The zero-order valence-corrected chi connectivity index (χ0v) is 17.9. The lowest BCUT2D eigenvalue weighted by Crippen LogP contribution is -2.53. The topological polar surface area (TPSA) is 82.1 Å². The smallest absolute Gasteiger partial charge is 0.254 e. The van der Waals surface area contributed by atoms with Gasteiger partial charge in [-0.1, -0.05) is 36.4 Å². The molecule has 7 heteroatoms. The first-order valence-electron chi connectivity index (χ1n) is 9.92. The second kappa shape index (κ2) is 8.85. The number of hydrogen-bond donors (Lipinski definition) is 2. The van der Waals surface area contributed by atoms with E-state index >= 15 is 0 Å². The van der Waals surface area contributed by atoms with Gasteiger partial charge in [0.1, 0.15) is 5.75 Å². The molecule has 0 unspecified atom stereocenters. The Hall–Kier alpha value is -2.90. The van der Waals surface area contributed by atoms with Crippen molar-refractivity contribution >= 4 is 11.8 Å². The molecule has 0 aliphatic carbocycles. The molecule has 2 aromatic carbocycles. The van der Waals surface area contributed by atoms with Crippen LogP contribution in [0.25, 0.3) is 0 Å². The van der Waals surface area contributed by atoms with Crippen molar-refractivity contribution in [2.24, 2.45) is 0 Å². The van der Waals surface area contributed by atoms with Crippen molar-refractivity contribution in [3.05, 3.63) is 65.2 Å². The summed E-state index contributed by atoms with van der Waals surface area (Å²) in [5.41, 5.74) is 0.755. The quantitative estimate of drug-likeness (QED) is 0.693. The second-order valence-electron chi connectivity index (χ2n) is 8.02. The van der Waals surface area contributed by atoms with Gasteiger partial charge >= 0.3 is 0 Å². The van der Waals surface area contributed by atoms with Gasteiger partial charge in [-0.05, 0) is 38.7 Å². The maximum absolute atomic E-state index is 12.8. The van der Waals surface area contributed by atoms with Crippen molar-refractivity contribution in [1.29, 1.82) is 0 Å². The van der Waals surface area contributed by atoms with E-state index in [4.69, 9.17) is 4.74 Å². The van der Waals surface area contributed by atoms with Gasteiger partial charge in [0.25, 0.3) is 11.8 Å². The molecule has 0 bridgehead atoms. The van der Waals surface area contributed by atoms with Crippen LogP contribution in [-0.2, 0) is 11.3 Å². The summed E-state index contributed by atoms with van der Waals surface area (Å²) in [4.78, 5) is 28.9. The highest BCUT2D eigenvalue weighted by Gasteiger charge is 2.37. The van der Waals surface area contributed by atoms with Crippen LogP contribution >= 0.6 is 0 Å². The van der Waals surface area contributed by atoms with Crippen molar-refractivity contribution in [3.63, 3.8) is 0 Å². The number of amides is 2. The summed E-state index contributed by atoms with van der Waals surface area (Å²) in [6.45, 7) is 2.04. The third-order valence-electron chi connectivity index (χ3n) is 5.46. The molecule has 0 saturated heterocycles. The van der Waals surface area contributed by atoms with E-state index in [2.05, 4.69) is 5.32 Å². The molecule has 160 valence electrons. The van der Waals surface area contributed by atoms with Gasteiger partial charge in [-0.2, -0.15) is 0 Å². The third-order valence-corrected chi connectivity index (χ3v) is 5.46. The number of aliphatic hydroxyl groups is 1. The predicted molar refractivity (Wildman–Crippen MR) is 114 cm³/mol. The van der Waals surface area contributed by atoms with E-state index < -0.39 is 11.5 Å². The first-order chi connectivity index (χ1) is 14.2. The summed E-state index contributed by atoms with van der Waals surface area (Å²) in [6, 6.07) is 14.8. The summed E-state index contributed by atoms with van der Waals surface area (Å²) < 4.78 is 5.45. The number of carbonyl (C=O) groups is 2. The molecule has 0 radical (unpaired) electrons. The Balaban J connectivity index is 1.66. The van der Waals surface area contributed by atoms with Crippen molar-refractivity contribution in [3.8, 4) is 5.75 Å². The SMILES string of the molecule is COc1ccccc1[C@H](CNC(=O)[C@@](C)(O)CN1Cc2ccccc2C1=O)N(C)C. The van der Waals surface area contributed by atoms with Crippen LogP contribution in [0.1, 0.15) is 34.5 Å². The van der Waals surface area contributed by atoms with Gasteiger partial charge in [0.05, 0.1) is 19.7 Å². The molecule has 1 aliphatic rings. The molecule has 7 nitrogen and oxygen atoms in total. The van der Waals surface area contributed by atoms with E-state index in [1.54, 1.807) is 13.2 Å². The fourth-order valence-electron chi connectivity index (χ4n) is 3.78. The molecule has 2 amide bonds. The predicted octanol–water partition coefficient (Wildman–Crippen LogP) is 1.82. The number of β-amino-alcohol motifs (C(OH)–C–C–N with tert-alkyl or cyclic N) is 1. The van der Waals surface area contributed by atoms with E-state index in [9.17, 15) is 14.7 Å². The minimum Gasteiger partial charge on any atom is -0.496 e. The van der Waals surface area contributed by atoms with E-state index in [0.29, 0.717) is 12.1 Å². The Labute approximate surface area is 177 Å². The maximum atomic E-state index is 12.8. The number of ether oxygens (including phenoxy) is 1. The first kappa shape index (κ1) is 21.8. The summed E-state index contributed by atoms with van der Waals surface area (Å²) in [5, 5.41) is 13.7. The largest absolute Gasteiger partial charge is 0.496 e. The number of hydrogen-bond acceptors (Lipinski definition) is 5. The minimum absolute atomic E-state index is 0.0758. The zero-order valence-electron chi connectivity index (χ0n) is 17.9. The molecule has 0 spiro atoms. The highest BCUT2D eigenvalue weighted by molar-refractivity contribution is 5.98. The van der Waals surface area contributed by atoms with Gasteiger partial charge in [-0.15, -0.1) is 0 Å². The lowest BCUT2D eigenvalue weighted by atomic mass is 10.0. The fraction of sp³-hybridized carbons (Fsp3) is 0.391. The first-order valence-corrected chi connectivity index (χ1v) is 9.92. The number of nitrogens with one attached hydrogen (secondary N) is 1. The van der Waals surface area contributed by atoms with Crippen LogP contribution in [0, 0.1) is 0 Å². The highest BCUT2D eigenvalue weighted by Crippen LogP contribution is 2.28. The van der Waals surface area contributed by atoms with Crippen LogP contribution in [0.3, 0.4) is 0 Å². The van der Waals surface area contributed by atoms with Gasteiger partial charge in [-0.3, -0.25) is 9.59 Å². The highest BCUT2D eigenvalue weighted by atomic mass is 16.5. The van der Waals surface area contributed by atoms with Gasteiger partial charge in [0, 0.05) is 24.2 Å². The van der Waals surface area contributed by atoms with Gasteiger partial charge in [0.2, 0.25) is 0 Å². The Kier molecular flexibility index (Phi) is 6.43. The van der Waals surface area contributed by atoms with E-state index in [1.807, 2.05) is 61.5 Å². The lowest BCUT2D eigenvalue weighted by Gasteiger charge is -2.30. The van der Waals surface area contributed by atoms with Gasteiger partial charge in [0.15, 0.2) is 5.60 Å². The molecular weight excluding hydrogens is 382 g/mol. The molecule has 2 aromatic rings. The van der Waals surface area contributed by atoms with Crippen LogP contribution in [-0.4, -0.2) is 66.6 Å². The van der Waals surface area contributed by atoms with Crippen LogP contribution in [0.15, 0.2) is 48.5 Å². The molecule has 0 saturated carbocycles. The minimum atomic E-state index is -1.71. The molecule has 30 heavy (non-hydrogen) atoms. The molecule has 2 N–H and O–H groups in total. The number of likely N-dealkylation sites (N-methyl/N-ethyl adjacent to an activating group) is 1. The summed E-state index contributed by atoms with van der Waals surface area (Å²) in [6.07, 6.45) is 0. The number of rotatable bonds is 8. The van der Waals surface area contributed by atoms with Gasteiger partial charge < -0.3 is 25.0 Å². The van der Waals surface area contributed by atoms with E-state index in [1.165, 1.54) is 11.8 Å². The van der Waals surface area contributed by atoms with E-state index in [-0.39, 0.29) is 25.0 Å². The molecular formula is C23H29N3O4. The van der Waals surface area contributed by atoms with Crippen LogP contribution in [0.5, 0.6) is 5.75 Å². The Bertz CT molecular complexity index is 926. The average molecular weight is 412 g/mol. The van der Waals surface area contributed by atoms with Crippen molar-refractivity contribution in [2.45, 2.75) is 25.1 Å². The Morgan fingerprint density at radius 2 is 1.90 bits per heavy atom. The molecule has 3 rings (SSSR count). The summed E-state index contributed by atoms with van der Waals surface area (Å²) in [7, 11) is 5.45. The van der Waals surface area contributed by atoms with Crippen molar-refractivity contribution in [2.75, 3.05) is 34.3 Å². The number of para-hydroxylation sites is 1. The molecule has 1 heterocycles. The number of methoxy groups -OCH3 is 1. The zero-order chi connectivity index (χ0) is 21.9. The monoisotopic (exact) mass is 411 g/mol. The number of nitrogens with zero attached hydrogens (tertiary/aromatic N) is 2. The summed E-state index contributed by atoms with van der Waals surface area (Å²) >= 11 is 0. The van der Waals surface area contributed by atoms with Crippen molar-refractivity contribution < 1.29 is 19.4 Å². The lowest BCUT2D eigenvalue weighted by molar-refractivity contribution is -0.139. The molecule has 2 atom stereocenters. The maximum Gasteiger partial charge on any atom is 0.254 e. The van der Waals surface area contributed by atoms with Gasteiger partial charge in [-0.25, -0.2) is 0 Å². The summed E-state index contributed by atoms with van der Waals surface area (Å²) in [5.74, 6) is 0.0458. The average Bonchev–Trinajstić information content (AvgIpc) is 3.03. The molecule has 1 aliphatic heterocycles. The molecule has 0 fully saturated rings. The van der Waals surface area contributed by atoms with E-state index in [0.717, 1.165) is 16.9 Å². The third kappa shape index (κ3) is 4.47. The Morgan fingerprint density at radius 3 is 2.57 bits per heavy atom. The number of benzene rings is 2. The van der Waals surface area contributed by atoms with Crippen LogP contribution in [0.4, 0.5) is 0 Å². The second-order valence-corrected chi connectivity index (χ2v) is 8.02.